The lowest BCUT2D eigenvalue weighted by atomic mass is 10.1. The van der Waals surface area contributed by atoms with Gasteiger partial charge in [0.25, 0.3) is 5.91 Å². The van der Waals surface area contributed by atoms with Crippen molar-refractivity contribution in [3.8, 4) is 0 Å². The summed E-state index contributed by atoms with van der Waals surface area (Å²) >= 11 is 7.51. The number of nitrogens with one attached hydrogen (secondary N) is 2. The number of hydrogen-bond donors (Lipinski definition) is 2. The van der Waals surface area contributed by atoms with E-state index >= 15 is 0 Å². The number of nitrogens with zero attached hydrogens (tertiary/aromatic N) is 2. The lowest BCUT2D eigenvalue weighted by Crippen LogP contribution is -2.17. The molecule has 0 aliphatic rings. The highest BCUT2D eigenvalue weighted by molar-refractivity contribution is 7.98. The van der Waals surface area contributed by atoms with Gasteiger partial charge in [-0.2, -0.15) is 5.10 Å². The van der Waals surface area contributed by atoms with Crippen LogP contribution in [0.1, 0.15) is 21.5 Å². The number of rotatable bonds is 6. The highest BCUT2D eigenvalue weighted by Gasteiger charge is 2.07. The molecular weight excluding hydrogens is 423 g/mol. The molecule has 2 N–H and O–H groups in total. The van der Waals surface area contributed by atoms with E-state index in [-0.39, 0.29) is 10.6 Å². The lowest BCUT2D eigenvalue weighted by Gasteiger charge is -2.03. The van der Waals surface area contributed by atoms with Crippen molar-refractivity contribution in [1.29, 1.82) is 0 Å². The molecule has 30 heavy (non-hydrogen) atoms. The number of carbonyl (C=O) groups excluding carboxylic acids is 1. The van der Waals surface area contributed by atoms with E-state index in [0.717, 1.165) is 21.8 Å². The zero-order valence-electron chi connectivity index (χ0n) is 15.6. The van der Waals surface area contributed by atoms with Gasteiger partial charge in [0.1, 0.15) is 5.82 Å². The first-order valence-electron chi connectivity index (χ1n) is 9.04. The van der Waals surface area contributed by atoms with Crippen LogP contribution < -0.4 is 5.43 Å². The van der Waals surface area contributed by atoms with Crippen molar-refractivity contribution in [3.05, 3.63) is 94.3 Å². The van der Waals surface area contributed by atoms with Crippen LogP contribution in [0.4, 0.5) is 4.39 Å². The minimum absolute atomic E-state index is 0.123. The van der Waals surface area contributed by atoms with E-state index in [1.165, 1.54) is 18.3 Å². The molecular formula is C22H16ClFN4OS. The quantitative estimate of drug-likeness (QED) is 0.240. The third-order valence-electron chi connectivity index (χ3n) is 4.32. The van der Waals surface area contributed by atoms with Gasteiger partial charge in [-0.15, -0.1) is 0 Å². The Hall–Kier alpha value is -3.16. The number of aromatic nitrogens is 2. The Kier molecular flexibility index (Phi) is 6.11. The summed E-state index contributed by atoms with van der Waals surface area (Å²) in [5, 5.41) is 4.86. The van der Waals surface area contributed by atoms with Crippen LogP contribution in [0, 0.1) is 5.82 Å². The Morgan fingerprint density at radius 3 is 2.70 bits per heavy atom. The van der Waals surface area contributed by atoms with Crippen LogP contribution in [0.3, 0.4) is 0 Å². The van der Waals surface area contributed by atoms with Crippen LogP contribution in [0.5, 0.6) is 0 Å². The van der Waals surface area contributed by atoms with Crippen LogP contribution >= 0.6 is 23.4 Å². The summed E-state index contributed by atoms with van der Waals surface area (Å²) in [5.74, 6) is -0.187. The average molecular weight is 439 g/mol. The van der Waals surface area contributed by atoms with E-state index < -0.39 is 11.7 Å². The summed E-state index contributed by atoms with van der Waals surface area (Å²) < 4.78 is 13.7. The predicted molar refractivity (Wildman–Crippen MR) is 119 cm³/mol. The molecule has 0 spiro atoms. The SMILES string of the molecule is O=C(NN=Cc1c(F)cccc1Cl)c1ccc(CSc2nc3ccccc3[nH]2)cc1. The second-order valence-electron chi connectivity index (χ2n) is 6.38. The third kappa shape index (κ3) is 4.69. The molecule has 0 radical (unpaired) electrons. The van der Waals surface area contributed by atoms with Crippen molar-refractivity contribution in [1.82, 2.24) is 15.4 Å². The molecule has 4 rings (SSSR count). The number of para-hydroxylation sites is 2. The van der Waals surface area contributed by atoms with E-state index in [4.69, 9.17) is 11.6 Å². The molecule has 0 saturated carbocycles. The van der Waals surface area contributed by atoms with Gasteiger partial charge in [-0.25, -0.2) is 14.8 Å². The van der Waals surface area contributed by atoms with Gasteiger partial charge in [0, 0.05) is 16.9 Å². The number of hydrogen-bond acceptors (Lipinski definition) is 4. The second-order valence-corrected chi connectivity index (χ2v) is 7.75. The third-order valence-corrected chi connectivity index (χ3v) is 5.59. The standard InChI is InChI=1S/C22H16ClFN4OS/c23-17-4-3-5-18(24)16(17)12-25-28-21(29)15-10-8-14(9-11-15)13-30-22-26-19-6-1-2-7-20(19)27-22/h1-12H,13H2,(H,26,27)(H,28,29). The van der Waals surface area contributed by atoms with Gasteiger partial charge in [0.2, 0.25) is 0 Å². The molecule has 3 aromatic carbocycles. The summed E-state index contributed by atoms with van der Waals surface area (Å²) in [7, 11) is 0. The lowest BCUT2D eigenvalue weighted by molar-refractivity contribution is 0.0955. The summed E-state index contributed by atoms with van der Waals surface area (Å²) in [6, 6.07) is 19.4. The molecule has 1 aromatic heterocycles. The van der Waals surface area contributed by atoms with E-state index in [1.54, 1.807) is 30.0 Å². The molecule has 150 valence electrons. The van der Waals surface area contributed by atoms with E-state index in [9.17, 15) is 9.18 Å². The molecule has 4 aromatic rings. The van der Waals surface area contributed by atoms with E-state index in [0.29, 0.717) is 11.3 Å². The Balaban J connectivity index is 1.34. The van der Waals surface area contributed by atoms with Gasteiger partial charge in [-0.3, -0.25) is 4.79 Å². The topological polar surface area (TPSA) is 70.1 Å². The normalized spacial score (nSPS) is 11.3. The van der Waals surface area contributed by atoms with Gasteiger partial charge in [-0.1, -0.05) is 53.7 Å². The molecule has 5 nitrogen and oxygen atoms in total. The van der Waals surface area contributed by atoms with Gasteiger partial charge < -0.3 is 4.98 Å². The monoisotopic (exact) mass is 438 g/mol. The zero-order valence-corrected chi connectivity index (χ0v) is 17.2. The summed E-state index contributed by atoms with van der Waals surface area (Å²) in [6.45, 7) is 0. The smallest absolute Gasteiger partial charge is 0.271 e. The van der Waals surface area contributed by atoms with Crippen molar-refractivity contribution >= 4 is 46.5 Å². The number of imidazole rings is 1. The minimum atomic E-state index is -0.508. The van der Waals surface area contributed by atoms with Crippen LogP contribution in [0.25, 0.3) is 11.0 Å². The highest BCUT2D eigenvalue weighted by Crippen LogP contribution is 2.23. The van der Waals surface area contributed by atoms with Crippen molar-refractivity contribution in [3.63, 3.8) is 0 Å². The fourth-order valence-electron chi connectivity index (χ4n) is 2.76. The van der Waals surface area contributed by atoms with Crippen molar-refractivity contribution < 1.29 is 9.18 Å². The molecule has 0 bridgehead atoms. The fraction of sp³-hybridized carbons (Fsp3) is 0.0455. The predicted octanol–water partition coefficient (Wildman–Crippen LogP) is 5.41. The molecule has 0 aliphatic heterocycles. The Labute approximate surface area is 181 Å². The number of hydrazone groups is 1. The van der Waals surface area contributed by atoms with Gasteiger partial charge in [0.15, 0.2) is 5.16 Å². The number of carbonyl (C=O) groups is 1. The van der Waals surface area contributed by atoms with Crippen LogP contribution in [0.2, 0.25) is 5.02 Å². The number of thioether (sulfide) groups is 1. The maximum atomic E-state index is 13.7. The first-order valence-corrected chi connectivity index (χ1v) is 10.4. The fourth-order valence-corrected chi connectivity index (χ4v) is 3.81. The Bertz CT molecular complexity index is 1170. The van der Waals surface area contributed by atoms with Gasteiger partial charge >= 0.3 is 0 Å². The maximum absolute atomic E-state index is 13.7. The van der Waals surface area contributed by atoms with E-state index in [1.807, 2.05) is 36.4 Å². The maximum Gasteiger partial charge on any atom is 0.271 e. The number of H-pyrrole nitrogens is 1. The minimum Gasteiger partial charge on any atom is -0.333 e. The molecule has 0 saturated heterocycles. The number of amides is 1. The number of aromatic amines is 1. The van der Waals surface area contributed by atoms with Crippen LogP contribution in [-0.2, 0) is 5.75 Å². The average Bonchev–Trinajstić information content (AvgIpc) is 3.18. The van der Waals surface area contributed by atoms with Gasteiger partial charge in [0.05, 0.1) is 22.3 Å². The molecule has 0 fully saturated rings. The second kappa shape index (κ2) is 9.11. The largest absolute Gasteiger partial charge is 0.333 e. The number of fused-ring (bicyclic) bond motifs is 1. The first kappa shape index (κ1) is 20.1. The van der Waals surface area contributed by atoms with Crippen LogP contribution in [-0.4, -0.2) is 22.1 Å². The summed E-state index contributed by atoms with van der Waals surface area (Å²) in [4.78, 5) is 20.0. The van der Waals surface area contributed by atoms with Crippen molar-refractivity contribution in [2.75, 3.05) is 0 Å². The Morgan fingerprint density at radius 2 is 1.93 bits per heavy atom. The number of benzene rings is 3. The van der Waals surface area contributed by atoms with Crippen molar-refractivity contribution in [2.24, 2.45) is 5.10 Å². The molecule has 0 unspecified atom stereocenters. The molecule has 1 heterocycles. The molecule has 0 atom stereocenters. The highest BCUT2D eigenvalue weighted by atomic mass is 35.5. The molecule has 0 aliphatic carbocycles. The molecule has 8 heteroatoms. The zero-order chi connectivity index (χ0) is 20.9. The van der Waals surface area contributed by atoms with Gasteiger partial charge in [-0.05, 0) is 42.0 Å². The summed E-state index contributed by atoms with van der Waals surface area (Å²) in [5.41, 5.74) is 5.94. The van der Waals surface area contributed by atoms with Crippen molar-refractivity contribution in [2.45, 2.75) is 10.9 Å². The van der Waals surface area contributed by atoms with E-state index in [2.05, 4.69) is 20.5 Å². The summed E-state index contributed by atoms with van der Waals surface area (Å²) in [6.07, 6.45) is 1.19. The van der Waals surface area contributed by atoms with Crippen LogP contribution in [0.15, 0.2) is 77.0 Å². The first-order chi connectivity index (χ1) is 14.6. The molecule has 1 amide bonds. The number of halogens is 2. The Morgan fingerprint density at radius 1 is 1.13 bits per heavy atom.